The number of rotatable bonds is 6. The molecule has 9 nitrogen and oxygen atoms in total. The average molecular weight is 460 g/mol. The van der Waals surface area contributed by atoms with Gasteiger partial charge in [-0.15, -0.1) is 11.8 Å². The van der Waals surface area contributed by atoms with E-state index in [1.807, 2.05) is 0 Å². The van der Waals surface area contributed by atoms with Crippen LogP contribution in [0.3, 0.4) is 0 Å². The van der Waals surface area contributed by atoms with E-state index in [0.717, 1.165) is 30.8 Å². The molecule has 0 aromatic rings. The maximum atomic E-state index is 12.5. The fourth-order valence-corrected chi connectivity index (χ4v) is 5.71. The Morgan fingerprint density at radius 1 is 1.34 bits per heavy atom. The van der Waals surface area contributed by atoms with Gasteiger partial charge in [-0.2, -0.15) is 0 Å². The van der Waals surface area contributed by atoms with Crippen molar-refractivity contribution in [1.29, 1.82) is 0 Å². The van der Waals surface area contributed by atoms with Crippen LogP contribution < -0.4 is 5.32 Å². The van der Waals surface area contributed by atoms with Crippen molar-refractivity contribution in [2.45, 2.75) is 31.2 Å². The molecule has 0 aromatic carbocycles. The maximum Gasteiger partial charge on any atom is 0.352 e. The Kier molecular flexibility index (Phi) is 7.06. The Bertz CT molecular complexity index is 780. The van der Waals surface area contributed by atoms with Crippen LogP contribution >= 0.6 is 35.7 Å². The van der Waals surface area contributed by atoms with Crippen LogP contribution in [-0.2, 0) is 23.9 Å². The number of ether oxygens (including phenoxy) is 1. The number of likely N-dealkylation sites (tertiary alicyclic amines) is 1. The lowest BCUT2D eigenvalue weighted by Gasteiger charge is -2.49. The molecule has 158 valence electrons. The first-order chi connectivity index (χ1) is 13.8. The molecule has 0 spiro atoms. The van der Waals surface area contributed by atoms with E-state index in [9.17, 15) is 24.3 Å². The van der Waals surface area contributed by atoms with Gasteiger partial charge in [0.05, 0.1) is 5.75 Å². The number of carbonyl (C=O) groups excluding carboxylic acids is 3. The van der Waals surface area contributed by atoms with Gasteiger partial charge in [0.15, 0.2) is 0 Å². The lowest BCUT2D eigenvalue weighted by Crippen LogP contribution is -2.70. The zero-order valence-corrected chi connectivity index (χ0v) is 18.2. The summed E-state index contributed by atoms with van der Waals surface area (Å²) in [6.45, 7) is 2.86. The number of thioether (sulfide) groups is 2. The molecular weight excluding hydrogens is 438 g/mol. The van der Waals surface area contributed by atoms with Crippen LogP contribution in [0.25, 0.3) is 0 Å². The highest BCUT2D eigenvalue weighted by Crippen LogP contribution is 2.40. The molecule has 2 fully saturated rings. The number of nitrogens with zero attached hydrogens (tertiary/aromatic N) is 2. The molecular formula is C17H21N3O6S3. The molecule has 3 aliphatic heterocycles. The monoisotopic (exact) mass is 459 g/mol. The molecule has 0 radical (unpaired) electrons. The molecule has 3 aliphatic rings. The lowest BCUT2D eigenvalue weighted by molar-refractivity contribution is -0.150. The summed E-state index contributed by atoms with van der Waals surface area (Å²) in [5.74, 6) is -2.19. The number of nitrogens with one attached hydrogen (secondary N) is 1. The number of hydrogen-bond acceptors (Lipinski definition) is 8. The number of carboxylic acid groups (broad SMARTS) is 1. The van der Waals surface area contributed by atoms with Crippen LogP contribution in [0.4, 0.5) is 0 Å². The van der Waals surface area contributed by atoms with Gasteiger partial charge in [0.25, 0.3) is 5.91 Å². The smallest absolute Gasteiger partial charge is 0.352 e. The minimum atomic E-state index is -1.26. The first-order valence-corrected chi connectivity index (χ1v) is 11.5. The Morgan fingerprint density at radius 3 is 2.66 bits per heavy atom. The average Bonchev–Trinajstić information content (AvgIpc) is 3.22. The van der Waals surface area contributed by atoms with E-state index < -0.39 is 29.3 Å². The van der Waals surface area contributed by atoms with Gasteiger partial charge in [0.1, 0.15) is 28.0 Å². The molecule has 2 unspecified atom stereocenters. The molecule has 2 saturated heterocycles. The van der Waals surface area contributed by atoms with Crippen molar-refractivity contribution in [1.82, 2.24) is 15.1 Å². The summed E-state index contributed by atoms with van der Waals surface area (Å²) in [5.41, 5.74) is 0.189. The van der Waals surface area contributed by atoms with Gasteiger partial charge >= 0.3 is 11.9 Å². The zero-order valence-electron chi connectivity index (χ0n) is 15.7. The van der Waals surface area contributed by atoms with E-state index in [4.69, 9.17) is 17.0 Å². The molecule has 29 heavy (non-hydrogen) atoms. The summed E-state index contributed by atoms with van der Waals surface area (Å²) < 4.78 is 5.57. The van der Waals surface area contributed by atoms with Gasteiger partial charge in [-0.1, -0.05) is 24.0 Å². The highest BCUT2D eigenvalue weighted by atomic mass is 32.2. The molecule has 0 aromatic heterocycles. The highest BCUT2D eigenvalue weighted by Gasteiger charge is 2.54. The number of esters is 1. The maximum absolute atomic E-state index is 12.5. The summed E-state index contributed by atoms with van der Waals surface area (Å²) in [5, 5.41) is 11.7. The summed E-state index contributed by atoms with van der Waals surface area (Å²) in [6, 6.07) is -0.780. The van der Waals surface area contributed by atoms with Crippen molar-refractivity contribution >= 4 is 63.8 Å². The van der Waals surface area contributed by atoms with Gasteiger partial charge in [0.2, 0.25) is 5.91 Å². The lowest BCUT2D eigenvalue weighted by atomic mass is 10.0. The molecule has 0 aliphatic carbocycles. The zero-order chi connectivity index (χ0) is 21.1. The minimum absolute atomic E-state index is 0.107. The van der Waals surface area contributed by atoms with Crippen LogP contribution in [-0.4, -0.2) is 85.6 Å². The molecule has 2 N–H and O–H groups in total. The van der Waals surface area contributed by atoms with Crippen LogP contribution in [0.1, 0.15) is 19.8 Å². The first-order valence-electron chi connectivity index (χ1n) is 9.04. The second-order valence-electron chi connectivity index (χ2n) is 6.74. The predicted molar refractivity (Wildman–Crippen MR) is 112 cm³/mol. The van der Waals surface area contributed by atoms with Crippen LogP contribution in [0.5, 0.6) is 0 Å². The number of carbonyl (C=O) groups is 4. The fourth-order valence-electron chi connectivity index (χ4n) is 3.32. The molecule has 2 atom stereocenters. The second-order valence-corrected chi connectivity index (χ2v) is 9.46. The Balaban J connectivity index is 1.57. The minimum Gasteiger partial charge on any atom is -0.477 e. The summed E-state index contributed by atoms with van der Waals surface area (Å²) >= 11 is 7.92. The Morgan fingerprint density at radius 2 is 2.03 bits per heavy atom. The largest absolute Gasteiger partial charge is 0.477 e. The number of amides is 2. The standard InChI is InChI=1S/C17H21N3O6S3/c1-9(21)26-6-10-7-28-15-12(14(23)20(15)13(10)16(24)25)18-11(22)8-29-17(27)19-4-2-3-5-19/h12,15H,2-8H2,1H3,(H,18,22)(H,24,25). The predicted octanol–water partition coefficient (Wildman–Crippen LogP) is 0.402. The number of fused-ring (bicyclic) bond motifs is 1. The fraction of sp³-hybridized carbons (Fsp3) is 0.588. The van der Waals surface area contributed by atoms with Crippen LogP contribution in [0.2, 0.25) is 0 Å². The SMILES string of the molecule is CC(=O)OCC1=C(C(=O)O)N2C(=O)C(NC(=O)CSC(=S)N3CCCC3)C2SC1. The number of β-lactam (4-membered cyclic amide) rings is 1. The molecule has 3 rings (SSSR count). The second kappa shape index (κ2) is 9.35. The number of hydrogen-bond donors (Lipinski definition) is 2. The summed E-state index contributed by atoms with van der Waals surface area (Å²) in [6.07, 6.45) is 2.19. The quantitative estimate of drug-likeness (QED) is 0.328. The van der Waals surface area contributed by atoms with Crippen molar-refractivity contribution in [3.8, 4) is 0 Å². The van der Waals surface area contributed by atoms with E-state index in [0.29, 0.717) is 15.6 Å². The van der Waals surface area contributed by atoms with Gasteiger partial charge in [0, 0.05) is 31.3 Å². The van der Waals surface area contributed by atoms with Crippen LogP contribution in [0.15, 0.2) is 11.3 Å². The van der Waals surface area contributed by atoms with Crippen molar-refractivity contribution in [3.05, 3.63) is 11.3 Å². The van der Waals surface area contributed by atoms with E-state index in [1.165, 1.54) is 30.4 Å². The first kappa shape index (κ1) is 21.9. The van der Waals surface area contributed by atoms with Gasteiger partial charge in [-0.05, 0) is 12.8 Å². The number of carboxylic acids is 1. The van der Waals surface area contributed by atoms with E-state index in [-0.39, 0.29) is 24.0 Å². The van der Waals surface area contributed by atoms with E-state index in [1.54, 1.807) is 0 Å². The number of aliphatic carboxylic acids is 1. The van der Waals surface area contributed by atoms with Gasteiger partial charge in [-0.25, -0.2) is 4.79 Å². The van der Waals surface area contributed by atoms with Crippen LogP contribution in [0, 0.1) is 0 Å². The third kappa shape index (κ3) is 4.86. The normalized spacial score (nSPS) is 23.4. The summed E-state index contributed by atoms with van der Waals surface area (Å²) in [4.78, 5) is 50.7. The van der Waals surface area contributed by atoms with Crippen molar-refractivity contribution in [2.24, 2.45) is 0 Å². The molecule has 12 heteroatoms. The Labute approximate surface area is 181 Å². The van der Waals surface area contributed by atoms with E-state index >= 15 is 0 Å². The molecule has 0 saturated carbocycles. The van der Waals surface area contributed by atoms with E-state index in [2.05, 4.69) is 10.2 Å². The molecule has 3 heterocycles. The molecule has 2 amide bonds. The van der Waals surface area contributed by atoms with Crippen molar-refractivity contribution < 1.29 is 29.0 Å². The number of thiocarbonyl (C=S) groups is 1. The van der Waals surface area contributed by atoms with Crippen molar-refractivity contribution in [3.63, 3.8) is 0 Å². The van der Waals surface area contributed by atoms with Crippen molar-refractivity contribution in [2.75, 3.05) is 31.2 Å². The van der Waals surface area contributed by atoms with Gasteiger partial charge in [-0.3, -0.25) is 19.3 Å². The summed E-state index contributed by atoms with van der Waals surface area (Å²) in [7, 11) is 0. The topological polar surface area (TPSA) is 116 Å². The molecule has 0 bridgehead atoms. The Hall–Kier alpha value is -1.79. The third-order valence-electron chi connectivity index (χ3n) is 4.71. The highest BCUT2D eigenvalue weighted by molar-refractivity contribution is 8.23. The van der Waals surface area contributed by atoms with Gasteiger partial charge < -0.3 is 20.1 Å². The third-order valence-corrected chi connectivity index (χ3v) is 7.57.